The van der Waals surface area contributed by atoms with E-state index < -0.39 is 17.7 Å². The molecule has 0 aliphatic carbocycles. The van der Waals surface area contributed by atoms with Crippen molar-refractivity contribution >= 4 is 46.8 Å². The Hall–Kier alpha value is -2.49. The number of carbonyl (C=O) groups is 2. The van der Waals surface area contributed by atoms with Gasteiger partial charge in [-0.25, -0.2) is 15.3 Å². The number of ketones is 1. The zero-order valence-electron chi connectivity index (χ0n) is 18.5. The third kappa shape index (κ3) is 6.14. The Morgan fingerprint density at radius 2 is 2.06 bits per heavy atom. The van der Waals surface area contributed by atoms with Crippen LogP contribution in [0.15, 0.2) is 42.6 Å². The van der Waals surface area contributed by atoms with Crippen molar-refractivity contribution in [2.75, 3.05) is 25.0 Å². The molecule has 8 nitrogen and oxygen atoms in total. The largest absolute Gasteiger partial charge is 0.355 e. The number of Topliss-reactive ketones (excluding diaryl/α,β-unsaturated/α-hetero) is 1. The highest BCUT2D eigenvalue weighted by Crippen LogP contribution is 2.30. The van der Waals surface area contributed by atoms with Crippen molar-refractivity contribution in [1.29, 1.82) is 0 Å². The second-order valence-corrected chi connectivity index (χ2v) is 9.13. The summed E-state index contributed by atoms with van der Waals surface area (Å²) in [6.45, 7) is 1.76. The van der Waals surface area contributed by atoms with Gasteiger partial charge in [-0.2, -0.15) is 0 Å². The molecule has 2 atom stereocenters. The van der Waals surface area contributed by atoms with Crippen LogP contribution in [0.4, 0.5) is 5.82 Å². The first-order valence-corrected chi connectivity index (χ1v) is 11.9. The summed E-state index contributed by atoms with van der Waals surface area (Å²) in [5.41, 5.74) is 2.67. The van der Waals surface area contributed by atoms with Crippen LogP contribution >= 0.6 is 23.2 Å². The van der Waals surface area contributed by atoms with Crippen molar-refractivity contribution in [2.45, 2.75) is 37.5 Å². The molecule has 3 N–H and O–H groups in total. The molecule has 3 heterocycles. The first-order valence-electron chi connectivity index (χ1n) is 11.2. The number of ether oxygens (including phenoxy) is 1. The number of halogens is 2. The number of pyridine rings is 1. The lowest BCUT2D eigenvalue weighted by atomic mass is 9.88. The summed E-state index contributed by atoms with van der Waals surface area (Å²) in [5, 5.41) is 7.40. The lowest BCUT2D eigenvalue weighted by molar-refractivity contribution is -0.198. The topological polar surface area (TPSA) is 102 Å². The highest BCUT2D eigenvalue weighted by Gasteiger charge is 2.42. The van der Waals surface area contributed by atoms with E-state index >= 15 is 0 Å². The van der Waals surface area contributed by atoms with Gasteiger partial charge < -0.3 is 15.4 Å². The molecule has 0 spiro atoms. The van der Waals surface area contributed by atoms with E-state index in [2.05, 4.69) is 21.1 Å². The van der Waals surface area contributed by atoms with E-state index in [0.29, 0.717) is 53.1 Å². The third-order valence-electron chi connectivity index (χ3n) is 5.77. The Morgan fingerprint density at radius 1 is 1.24 bits per heavy atom. The van der Waals surface area contributed by atoms with Gasteiger partial charge in [-0.3, -0.25) is 9.59 Å². The summed E-state index contributed by atoms with van der Waals surface area (Å²) >= 11 is 12.4. The van der Waals surface area contributed by atoms with Gasteiger partial charge in [-0.1, -0.05) is 23.2 Å². The third-order valence-corrected chi connectivity index (χ3v) is 6.31. The van der Waals surface area contributed by atoms with Crippen molar-refractivity contribution in [3.63, 3.8) is 0 Å². The normalized spacial score (nSPS) is 22.6. The molecule has 1 aromatic heterocycles. The maximum absolute atomic E-state index is 13.3. The fraction of sp³-hybridized carbons (Fsp3) is 0.375. The van der Waals surface area contributed by atoms with Gasteiger partial charge in [0.2, 0.25) is 0 Å². The number of nitrogens with zero attached hydrogens (tertiary/aromatic N) is 1. The van der Waals surface area contributed by atoms with Crippen molar-refractivity contribution in [3.05, 3.63) is 63.8 Å². The zero-order chi connectivity index (χ0) is 24.0. The number of aromatic nitrogens is 1. The minimum atomic E-state index is -0.875. The van der Waals surface area contributed by atoms with Gasteiger partial charge in [0, 0.05) is 42.4 Å². The molecule has 2 aliphatic heterocycles. The molecule has 1 aromatic carbocycles. The quantitative estimate of drug-likeness (QED) is 0.283. The van der Waals surface area contributed by atoms with Gasteiger partial charge in [-0.15, -0.1) is 0 Å². The Labute approximate surface area is 208 Å². The summed E-state index contributed by atoms with van der Waals surface area (Å²) in [5.74, 6) is -0.0845. The number of rotatable bonds is 8. The molecule has 10 heteroatoms. The molecular weight excluding hydrogens is 479 g/mol. The number of hydrogen-bond acceptors (Lipinski definition) is 7. The van der Waals surface area contributed by atoms with E-state index in [9.17, 15) is 9.59 Å². The second-order valence-electron chi connectivity index (χ2n) is 8.28. The number of carbonyl (C=O) groups excluding carboxylic acids is 2. The number of hydrogen-bond donors (Lipinski definition) is 3. The number of hydroxylamine groups is 1. The summed E-state index contributed by atoms with van der Waals surface area (Å²) in [7, 11) is 0. The van der Waals surface area contributed by atoms with Crippen molar-refractivity contribution in [3.8, 4) is 0 Å². The fourth-order valence-electron chi connectivity index (χ4n) is 3.92. The highest BCUT2D eigenvalue weighted by molar-refractivity contribution is 6.33. The van der Waals surface area contributed by atoms with Crippen molar-refractivity contribution in [1.82, 2.24) is 15.8 Å². The average Bonchev–Trinajstić information content (AvgIpc) is 3.33. The Morgan fingerprint density at radius 3 is 2.74 bits per heavy atom. The van der Waals surface area contributed by atoms with Gasteiger partial charge in [0.1, 0.15) is 11.4 Å². The van der Waals surface area contributed by atoms with Gasteiger partial charge in [-0.05, 0) is 67.8 Å². The molecule has 2 aliphatic rings. The van der Waals surface area contributed by atoms with Crippen LogP contribution in [0, 0.1) is 0 Å². The van der Waals surface area contributed by atoms with Crippen LogP contribution in [-0.4, -0.2) is 48.2 Å². The lowest BCUT2D eigenvalue weighted by Crippen LogP contribution is -2.48. The zero-order valence-corrected chi connectivity index (χ0v) is 20.0. The molecule has 0 bridgehead atoms. The number of anilines is 1. The van der Waals surface area contributed by atoms with Crippen LogP contribution in [0.25, 0.3) is 6.08 Å². The monoisotopic (exact) mass is 504 g/mol. The predicted molar refractivity (Wildman–Crippen MR) is 131 cm³/mol. The molecule has 4 rings (SSSR count). The maximum Gasteiger partial charge on any atom is 0.267 e. The first kappa shape index (κ1) is 24.6. The Balaban J connectivity index is 1.40. The summed E-state index contributed by atoms with van der Waals surface area (Å²) < 4.78 is 5.40. The van der Waals surface area contributed by atoms with Crippen molar-refractivity contribution < 1.29 is 19.2 Å². The molecule has 2 saturated heterocycles. The molecule has 1 unspecified atom stereocenters. The fourth-order valence-corrected chi connectivity index (χ4v) is 4.27. The van der Waals surface area contributed by atoms with Crippen LogP contribution in [0.2, 0.25) is 10.0 Å². The lowest BCUT2D eigenvalue weighted by Gasteiger charge is -2.29. The van der Waals surface area contributed by atoms with E-state index in [0.717, 1.165) is 19.3 Å². The van der Waals surface area contributed by atoms with E-state index in [1.807, 2.05) is 0 Å². The molecule has 34 heavy (non-hydrogen) atoms. The standard InChI is InChI=1S/C24H26Cl2N4O4/c25-18-7-5-17(6-8-18)22(32)24(10-11-27-15-24)29-23-19(26)13-16(14-28-23)4-9-20(31)30-34-21-3-1-2-12-33-21/h4-9,13-14,21,27H,1-3,10-12,15H2,(H,28,29)(H,30,31)/b9-4+/t21?,24-/m1/s1. The van der Waals surface area contributed by atoms with E-state index in [4.69, 9.17) is 32.8 Å². The Kier molecular flexibility index (Phi) is 8.18. The maximum atomic E-state index is 13.3. The average molecular weight is 505 g/mol. The molecule has 2 fully saturated rings. The van der Waals surface area contributed by atoms with Crippen LogP contribution in [0.5, 0.6) is 0 Å². The van der Waals surface area contributed by atoms with Crippen LogP contribution < -0.4 is 16.1 Å². The summed E-state index contributed by atoms with van der Waals surface area (Å²) in [6.07, 6.45) is 7.40. The molecule has 0 saturated carbocycles. The first-order chi connectivity index (χ1) is 16.4. The van der Waals surface area contributed by atoms with E-state index in [1.54, 1.807) is 42.6 Å². The van der Waals surface area contributed by atoms with Crippen LogP contribution in [-0.2, 0) is 14.4 Å². The SMILES string of the molecule is O=C(/C=C/c1cnc(N[C@]2(C(=O)c3ccc(Cl)cc3)CCNC2)c(Cl)c1)NOC1CCCCO1. The van der Waals surface area contributed by atoms with Crippen LogP contribution in [0.1, 0.15) is 41.6 Å². The second kappa shape index (κ2) is 11.3. The van der Waals surface area contributed by atoms with Gasteiger partial charge in [0.05, 0.1) is 5.02 Å². The Bertz CT molecular complexity index is 1050. The van der Waals surface area contributed by atoms with E-state index in [-0.39, 0.29) is 5.78 Å². The molecule has 0 radical (unpaired) electrons. The van der Waals surface area contributed by atoms with Crippen LogP contribution in [0.3, 0.4) is 0 Å². The summed E-state index contributed by atoms with van der Waals surface area (Å²) in [6, 6.07) is 8.49. The predicted octanol–water partition coefficient (Wildman–Crippen LogP) is 4.00. The molecular formula is C24H26Cl2N4O4. The minimum absolute atomic E-state index is 0.0605. The summed E-state index contributed by atoms with van der Waals surface area (Å²) in [4.78, 5) is 35.0. The smallest absolute Gasteiger partial charge is 0.267 e. The number of nitrogens with one attached hydrogen (secondary N) is 3. The molecule has 1 amide bonds. The van der Waals surface area contributed by atoms with Gasteiger partial charge >= 0.3 is 0 Å². The molecule has 2 aromatic rings. The number of benzene rings is 1. The van der Waals surface area contributed by atoms with Crippen molar-refractivity contribution in [2.24, 2.45) is 0 Å². The highest BCUT2D eigenvalue weighted by atomic mass is 35.5. The van der Waals surface area contributed by atoms with Gasteiger partial charge in [0.15, 0.2) is 12.1 Å². The van der Waals surface area contributed by atoms with Gasteiger partial charge in [0.25, 0.3) is 5.91 Å². The van der Waals surface area contributed by atoms with E-state index in [1.165, 1.54) is 6.08 Å². The minimum Gasteiger partial charge on any atom is -0.355 e. The molecule has 180 valence electrons. The number of amides is 1.